The number of aryl methyl sites for hydroxylation is 1. The highest BCUT2D eigenvalue weighted by atomic mass is 35.5. The molecule has 6 nitrogen and oxygen atoms in total. The van der Waals surface area contributed by atoms with E-state index in [4.69, 9.17) is 16.3 Å². The van der Waals surface area contributed by atoms with E-state index in [2.05, 4.69) is 15.5 Å². The maximum atomic E-state index is 12.1. The van der Waals surface area contributed by atoms with Crippen molar-refractivity contribution in [2.75, 3.05) is 5.75 Å². The van der Waals surface area contributed by atoms with Gasteiger partial charge in [0.15, 0.2) is 11.0 Å². The van der Waals surface area contributed by atoms with Crippen molar-refractivity contribution < 1.29 is 9.53 Å². The van der Waals surface area contributed by atoms with Gasteiger partial charge in [-0.05, 0) is 24.6 Å². The highest BCUT2D eigenvalue weighted by Gasteiger charge is 2.12. The number of nitrogens with one attached hydrogen (secondary N) is 1. The largest absolute Gasteiger partial charge is 0.484 e. The van der Waals surface area contributed by atoms with Crippen LogP contribution in [0.15, 0.2) is 53.7 Å². The number of carbonyl (C=O) groups excluding carboxylic acids is 1. The number of hydrogen-bond acceptors (Lipinski definition) is 5. The number of thioether (sulfide) groups is 1. The number of rotatable bonds is 8. The van der Waals surface area contributed by atoms with Crippen LogP contribution >= 0.6 is 23.4 Å². The molecule has 3 rings (SSSR count). The summed E-state index contributed by atoms with van der Waals surface area (Å²) in [4.78, 5) is 12.1. The van der Waals surface area contributed by atoms with Crippen molar-refractivity contribution in [2.45, 2.75) is 25.2 Å². The first-order valence-corrected chi connectivity index (χ1v) is 10.1. The van der Waals surface area contributed by atoms with Gasteiger partial charge in [-0.2, -0.15) is 0 Å². The van der Waals surface area contributed by atoms with Crippen LogP contribution in [0.4, 0.5) is 0 Å². The lowest BCUT2D eigenvalue weighted by Crippen LogP contribution is -2.24. The number of amides is 1. The van der Waals surface area contributed by atoms with Gasteiger partial charge >= 0.3 is 0 Å². The summed E-state index contributed by atoms with van der Waals surface area (Å²) in [5.41, 5.74) is 2.27. The van der Waals surface area contributed by atoms with Crippen LogP contribution in [0.5, 0.6) is 5.75 Å². The Hall–Kier alpha value is -2.51. The summed E-state index contributed by atoms with van der Waals surface area (Å²) in [6.45, 7) is 2.79. The third-order valence-corrected chi connectivity index (χ3v) is 5.39. The first kappa shape index (κ1) is 20.2. The van der Waals surface area contributed by atoms with Gasteiger partial charge < -0.3 is 14.6 Å². The average molecular weight is 417 g/mol. The van der Waals surface area contributed by atoms with Crippen molar-refractivity contribution in [1.29, 1.82) is 0 Å². The second-order valence-electron chi connectivity index (χ2n) is 6.23. The molecule has 28 heavy (non-hydrogen) atoms. The maximum Gasteiger partial charge on any atom is 0.230 e. The fourth-order valence-electron chi connectivity index (χ4n) is 2.39. The zero-order valence-electron chi connectivity index (χ0n) is 15.7. The summed E-state index contributed by atoms with van der Waals surface area (Å²) in [7, 11) is 1.85. The molecule has 1 heterocycles. The number of para-hydroxylation sites is 1. The zero-order chi connectivity index (χ0) is 19.9. The standard InChI is InChI=1S/C20H21ClN4O2S/c1-14-7-9-15(10-8-14)11-22-19(26)13-28-20-24-23-18(25(20)2)12-27-17-6-4-3-5-16(17)21/h3-10H,11-13H2,1-2H3,(H,22,26). The second kappa shape index (κ2) is 9.61. The normalized spacial score (nSPS) is 10.7. The predicted molar refractivity (Wildman–Crippen MR) is 111 cm³/mol. The molecule has 0 bridgehead atoms. The Labute approximate surface area is 173 Å². The van der Waals surface area contributed by atoms with Gasteiger partial charge in [0.2, 0.25) is 5.91 Å². The van der Waals surface area contributed by atoms with Gasteiger partial charge in [0, 0.05) is 13.6 Å². The summed E-state index contributed by atoms with van der Waals surface area (Å²) in [6.07, 6.45) is 0. The molecule has 2 aromatic carbocycles. The first-order chi connectivity index (χ1) is 13.5. The van der Waals surface area contributed by atoms with Crippen molar-refractivity contribution in [1.82, 2.24) is 20.1 Å². The van der Waals surface area contributed by atoms with Gasteiger partial charge in [0.05, 0.1) is 10.8 Å². The van der Waals surface area contributed by atoms with E-state index in [1.54, 1.807) is 12.1 Å². The minimum atomic E-state index is -0.0533. The van der Waals surface area contributed by atoms with Gasteiger partial charge in [-0.25, -0.2) is 0 Å². The van der Waals surface area contributed by atoms with Crippen molar-refractivity contribution in [3.05, 3.63) is 70.5 Å². The predicted octanol–water partition coefficient (Wildman–Crippen LogP) is 3.76. The third kappa shape index (κ3) is 5.50. The van der Waals surface area contributed by atoms with Crippen LogP contribution in [-0.4, -0.2) is 26.4 Å². The van der Waals surface area contributed by atoms with E-state index in [-0.39, 0.29) is 18.3 Å². The van der Waals surface area contributed by atoms with Crippen molar-refractivity contribution in [2.24, 2.45) is 7.05 Å². The lowest BCUT2D eigenvalue weighted by Gasteiger charge is -2.08. The molecule has 1 N–H and O–H groups in total. The Morgan fingerprint density at radius 1 is 1.18 bits per heavy atom. The molecule has 0 spiro atoms. The van der Waals surface area contributed by atoms with Gasteiger partial charge in [0.25, 0.3) is 0 Å². The van der Waals surface area contributed by atoms with E-state index in [1.165, 1.54) is 17.3 Å². The molecule has 0 aliphatic heterocycles. The number of ether oxygens (including phenoxy) is 1. The fourth-order valence-corrected chi connectivity index (χ4v) is 3.34. The Morgan fingerprint density at radius 3 is 2.68 bits per heavy atom. The molecule has 0 atom stereocenters. The first-order valence-electron chi connectivity index (χ1n) is 8.73. The zero-order valence-corrected chi connectivity index (χ0v) is 17.3. The van der Waals surface area contributed by atoms with E-state index >= 15 is 0 Å². The number of nitrogens with zero attached hydrogens (tertiary/aromatic N) is 3. The van der Waals surface area contributed by atoms with E-state index in [0.29, 0.717) is 28.3 Å². The monoisotopic (exact) mass is 416 g/mol. The lowest BCUT2D eigenvalue weighted by atomic mass is 10.1. The van der Waals surface area contributed by atoms with Crippen LogP contribution in [0, 0.1) is 6.92 Å². The molecular formula is C20H21ClN4O2S. The van der Waals surface area contributed by atoms with Crippen molar-refractivity contribution in [3.8, 4) is 5.75 Å². The van der Waals surface area contributed by atoms with E-state index in [0.717, 1.165) is 5.56 Å². The number of hydrogen-bond donors (Lipinski definition) is 1. The molecule has 0 aliphatic carbocycles. The third-order valence-electron chi connectivity index (χ3n) is 4.06. The number of benzene rings is 2. The Balaban J connectivity index is 1.47. The quantitative estimate of drug-likeness (QED) is 0.566. The summed E-state index contributed by atoms with van der Waals surface area (Å²) in [5, 5.41) is 12.4. The highest BCUT2D eigenvalue weighted by molar-refractivity contribution is 7.99. The minimum absolute atomic E-state index is 0.0533. The molecule has 3 aromatic rings. The number of carbonyl (C=O) groups is 1. The smallest absolute Gasteiger partial charge is 0.230 e. The van der Waals surface area contributed by atoms with Crippen LogP contribution in [0.1, 0.15) is 17.0 Å². The number of halogens is 1. The lowest BCUT2D eigenvalue weighted by molar-refractivity contribution is -0.118. The second-order valence-corrected chi connectivity index (χ2v) is 7.58. The molecule has 1 amide bonds. The molecular weight excluding hydrogens is 396 g/mol. The van der Waals surface area contributed by atoms with Gasteiger partial charge in [0.1, 0.15) is 12.4 Å². The molecule has 0 saturated carbocycles. The van der Waals surface area contributed by atoms with Crippen LogP contribution in [0.3, 0.4) is 0 Å². The molecule has 146 valence electrons. The van der Waals surface area contributed by atoms with E-state index < -0.39 is 0 Å². The SMILES string of the molecule is Cc1ccc(CNC(=O)CSc2nnc(COc3ccccc3Cl)n2C)cc1. The summed E-state index contributed by atoms with van der Waals surface area (Å²) >= 11 is 7.42. The Kier molecular flexibility index (Phi) is 6.95. The topological polar surface area (TPSA) is 69.0 Å². The maximum absolute atomic E-state index is 12.1. The molecule has 0 aliphatic rings. The fraction of sp³-hybridized carbons (Fsp3) is 0.250. The van der Waals surface area contributed by atoms with Crippen molar-refractivity contribution >= 4 is 29.3 Å². The van der Waals surface area contributed by atoms with Gasteiger partial charge in [-0.3, -0.25) is 4.79 Å². The van der Waals surface area contributed by atoms with E-state index in [9.17, 15) is 4.79 Å². The van der Waals surface area contributed by atoms with Crippen LogP contribution in [-0.2, 0) is 25.0 Å². The molecule has 0 saturated heterocycles. The van der Waals surface area contributed by atoms with Crippen LogP contribution in [0.25, 0.3) is 0 Å². The molecule has 8 heteroatoms. The minimum Gasteiger partial charge on any atom is -0.484 e. The van der Waals surface area contributed by atoms with Crippen LogP contribution < -0.4 is 10.1 Å². The molecule has 0 fully saturated rings. The Bertz CT molecular complexity index is 944. The molecule has 0 radical (unpaired) electrons. The summed E-state index contributed by atoms with van der Waals surface area (Å²) in [6, 6.07) is 15.3. The Morgan fingerprint density at radius 2 is 1.93 bits per heavy atom. The highest BCUT2D eigenvalue weighted by Crippen LogP contribution is 2.24. The van der Waals surface area contributed by atoms with Crippen LogP contribution in [0.2, 0.25) is 5.02 Å². The van der Waals surface area contributed by atoms with Crippen molar-refractivity contribution in [3.63, 3.8) is 0 Å². The molecule has 0 unspecified atom stereocenters. The molecule has 1 aromatic heterocycles. The summed E-state index contributed by atoms with van der Waals surface area (Å²) in [5.74, 6) is 1.46. The average Bonchev–Trinajstić information content (AvgIpc) is 3.05. The van der Waals surface area contributed by atoms with E-state index in [1.807, 2.05) is 54.9 Å². The van der Waals surface area contributed by atoms with Gasteiger partial charge in [-0.1, -0.05) is 65.3 Å². The number of aromatic nitrogens is 3. The summed E-state index contributed by atoms with van der Waals surface area (Å²) < 4.78 is 7.51. The van der Waals surface area contributed by atoms with Gasteiger partial charge in [-0.15, -0.1) is 10.2 Å².